The zero-order chi connectivity index (χ0) is 11.6. The molecule has 3 heteroatoms. The van der Waals surface area contributed by atoms with Gasteiger partial charge in [0.05, 0.1) is 11.1 Å². The van der Waals surface area contributed by atoms with Gasteiger partial charge >= 0.3 is 0 Å². The van der Waals surface area contributed by atoms with Crippen LogP contribution in [0.2, 0.25) is 0 Å². The van der Waals surface area contributed by atoms with E-state index in [0.29, 0.717) is 5.92 Å². The Kier molecular flexibility index (Phi) is 3.65. The van der Waals surface area contributed by atoms with Crippen LogP contribution in [0.4, 0.5) is 0 Å². The summed E-state index contributed by atoms with van der Waals surface area (Å²) < 4.78 is 0. The summed E-state index contributed by atoms with van der Waals surface area (Å²) in [6.07, 6.45) is 7.31. The Morgan fingerprint density at radius 1 is 1.56 bits per heavy atom. The predicted molar refractivity (Wildman–Crippen MR) is 67.6 cm³/mol. The molecule has 1 aromatic rings. The van der Waals surface area contributed by atoms with Gasteiger partial charge in [0.15, 0.2) is 0 Å². The van der Waals surface area contributed by atoms with Crippen LogP contribution < -0.4 is 0 Å². The highest BCUT2D eigenvalue weighted by Gasteiger charge is 2.36. The molecule has 16 heavy (non-hydrogen) atoms. The van der Waals surface area contributed by atoms with Crippen molar-refractivity contribution in [3.63, 3.8) is 0 Å². The van der Waals surface area contributed by atoms with E-state index in [-0.39, 0.29) is 11.5 Å². The topological polar surface area (TPSA) is 33.1 Å². The molecule has 2 atom stereocenters. The highest BCUT2D eigenvalue weighted by atomic mass is 32.1. The number of aromatic nitrogens is 1. The Hall–Kier alpha value is -0.410. The van der Waals surface area contributed by atoms with E-state index in [9.17, 15) is 5.11 Å². The van der Waals surface area contributed by atoms with Gasteiger partial charge in [0.25, 0.3) is 0 Å². The zero-order valence-corrected chi connectivity index (χ0v) is 11.0. The molecule has 2 unspecified atom stereocenters. The number of aliphatic hydroxyl groups excluding tert-OH is 1. The lowest BCUT2D eigenvalue weighted by molar-refractivity contribution is 0.00578. The lowest BCUT2D eigenvalue weighted by atomic mass is 9.66. The third-order valence-corrected chi connectivity index (χ3v) is 4.72. The highest BCUT2D eigenvalue weighted by Crippen LogP contribution is 2.42. The van der Waals surface area contributed by atoms with Crippen molar-refractivity contribution in [1.82, 2.24) is 4.98 Å². The van der Waals surface area contributed by atoms with Crippen molar-refractivity contribution in [3.05, 3.63) is 16.6 Å². The second-order valence-corrected chi connectivity index (χ2v) is 6.52. The van der Waals surface area contributed by atoms with Crippen molar-refractivity contribution < 1.29 is 5.11 Å². The van der Waals surface area contributed by atoms with Gasteiger partial charge in [-0.25, -0.2) is 4.98 Å². The van der Waals surface area contributed by atoms with Crippen molar-refractivity contribution in [1.29, 1.82) is 0 Å². The monoisotopic (exact) mass is 239 g/mol. The lowest BCUT2D eigenvalue weighted by Gasteiger charge is -2.41. The summed E-state index contributed by atoms with van der Waals surface area (Å²) in [5, 5.41) is 13.4. The van der Waals surface area contributed by atoms with Gasteiger partial charge in [0.1, 0.15) is 0 Å². The Balaban J connectivity index is 2.00. The Labute approximate surface area is 102 Å². The molecular formula is C13H21NOS. The average molecular weight is 239 g/mol. The molecule has 1 saturated carbocycles. The van der Waals surface area contributed by atoms with E-state index in [4.69, 9.17) is 0 Å². The van der Waals surface area contributed by atoms with E-state index in [1.807, 2.05) is 11.6 Å². The standard InChI is InChI=1S/C13H21NOS/c1-13(2)6-4-3-5-10(13)11(15)9-12-14-7-8-16-12/h7-8,10-11,15H,3-6,9H2,1-2H3. The van der Waals surface area contributed by atoms with E-state index in [0.717, 1.165) is 11.4 Å². The van der Waals surface area contributed by atoms with E-state index >= 15 is 0 Å². The molecule has 0 radical (unpaired) electrons. The summed E-state index contributed by atoms with van der Waals surface area (Å²) >= 11 is 1.64. The molecule has 1 heterocycles. The molecule has 1 fully saturated rings. The van der Waals surface area contributed by atoms with Gasteiger partial charge in [-0.05, 0) is 24.2 Å². The minimum atomic E-state index is -0.221. The summed E-state index contributed by atoms with van der Waals surface area (Å²) in [4.78, 5) is 4.26. The molecule has 0 amide bonds. The second kappa shape index (κ2) is 4.84. The molecule has 1 aliphatic carbocycles. The van der Waals surface area contributed by atoms with Gasteiger partial charge in [0.2, 0.25) is 0 Å². The molecule has 2 nitrogen and oxygen atoms in total. The predicted octanol–water partition coefficient (Wildman–Crippen LogP) is 3.26. The molecule has 0 aliphatic heterocycles. The van der Waals surface area contributed by atoms with Gasteiger partial charge < -0.3 is 5.11 Å². The first-order chi connectivity index (χ1) is 7.59. The third kappa shape index (κ3) is 2.64. The fourth-order valence-electron chi connectivity index (χ4n) is 2.91. The van der Waals surface area contributed by atoms with Crippen LogP contribution in [0.1, 0.15) is 44.5 Å². The first kappa shape index (κ1) is 12.1. The number of thiazole rings is 1. The van der Waals surface area contributed by atoms with Crippen LogP contribution in [-0.2, 0) is 6.42 Å². The molecule has 1 aromatic heterocycles. The molecular weight excluding hydrogens is 218 g/mol. The quantitative estimate of drug-likeness (QED) is 0.878. The maximum atomic E-state index is 10.3. The molecule has 0 spiro atoms. The normalized spacial score (nSPS) is 26.6. The van der Waals surface area contributed by atoms with Crippen LogP contribution in [-0.4, -0.2) is 16.2 Å². The molecule has 0 saturated heterocycles. The van der Waals surface area contributed by atoms with Gasteiger partial charge in [-0.2, -0.15) is 0 Å². The smallest absolute Gasteiger partial charge is 0.0950 e. The largest absolute Gasteiger partial charge is 0.392 e. The number of hydrogen-bond acceptors (Lipinski definition) is 3. The van der Waals surface area contributed by atoms with Crippen LogP contribution in [0, 0.1) is 11.3 Å². The maximum absolute atomic E-state index is 10.3. The van der Waals surface area contributed by atoms with E-state index in [1.54, 1.807) is 11.3 Å². The first-order valence-electron chi connectivity index (χ1n) is 6.16. The van der Waals surface area contributed by atoms with Crippen LogP contribution in [0.3, 0.4) is 0 Å². The fraction of sp³-hybridized carbons (Fsp3) is 0.769. The van der Waals surface area contributed by atoms with Crippen LogP contribution in [0.5, 0.6) is 0 Å². The highest BCUT2D eigenvalue weighted by molar-refractivity contribution is 7.09. The Bertz CT molecular complexity index is 321. The van der Waals surface area contributed by atoms with Crippen LogP contribution in [0.15, 0.2) is 11.6 Å². The summed E-state index contributed by atoms with van der Waals surface area (Å²) in [6, 6.07) is 0. The number of aliphatic hydroxyl groups is 1. The molecule has 90 valence electrons. The molecule has 1 N–H and O–H groups in total. The van der Waals surface area contributed by atoms with Gasteiger partial charge in [-0.3, -0.25) is 0 Å². The van der Waals surface area contributed by atoms with Crippen LogP contribution in [0.25, 0.3) is 0 Å². The Morgan fingerprint density at radius 2 is 2.38 bits per heavy atom. The van der Waals surface area contributed by atoms with E-state index < -0.39 is 0 Å². The summed E-state index contributed by atoms with van der Waals surface area (Å²) in [5.74, 6) is 0.435. The average Bonchev–Trinajstić information content (AvgIpc) is 2.69. The molecule has 0 bridgehead atoms. The lowest BCUT2D eigenvalue weighted by Crippen LogP contribution is -2.37. The molecule has 1 aliphatic rings. The van der Waals surface area contributed by atoms with Gasteiger partial charge in [-0.1, -0.05) is 26.7 Å². The number of hydrogen-bond donors (Lipinski definition) is 1. The summed E-state index contributed by atoms with van der Waals surface area (Å²) in [7, 11) is 0. The molecule has 2 rings (SSSR count). The number of rotatable bonds is 3. The maximum Gasteiger partial charge on any atom is 0.0950 e. The minimum Gasteiger partial charge on any atom is -0.392 e. The van der Waals surface area contributed by atoms with Crippen molar-refractivity contribution in [2.75, 3.05) is 0 Å². The summed E-state index contributed by atoms with van der Waals surface area (Å²) in [6.45, 7) is 4.59. The van der Waals surface area contributed by atoms with Crippen molar-refractivity contribution in [3.8, 4) is 0 Å². The van der Waals surface area contributed by atoms with Gasteiger partial charge in [0, 0.05) is 18.0 Å². The van der Waals surface area contributed by atoms with Gasteiger partial charge in [-0.15, -0.1) is 11.3 Å². The second-order valence-electron chi connectivity index (χ2n) is 5.54. The third-order valence-electron chi connectivity index (χ3n) is 3.92. The SMILES string of the molecule is CC1(C)CCCCC1C(O)Cc1nccs1. The summed E-state index contributed by atoms with van der Waals surface area (Å²) in [5.41, 5.74) is 0.287. The van der Waals surface area contributed by atoms with E-state index in [2.05, 4.69) is 18.8 Å². The molecule has 0 aromatic carbocycles. The van der Waals surface area contributed by atoms with Crippen molar-refractivity contribution in [2.24, 2.45) is 11.3 Å². The van der Waals surface area contributed by atoms with E-state index in [1.165, 1.54) is 25.7 Å². The first-order valence-corrected chi connectivity index (χ1v) is 7.04. The van der Waals surface area contributed by atoms with Crippen molar-refractivity contribution in [2.45, 2.75) is 52.1 Å². The fourth-order valence-corrected chi connectivity index (χ4v) is 3.58. The zero-order valence-electron chi connectivity index (χ0n) is 10.1. The number of nitrogens with zero attached hydrogens (tertiary/aromatic N) is 1. The minimum absolute atomic E-state index is 0.221. The van der Waals surface area contributed by atoms with Crippen LogP contribution >= 0.6 is 11.3 Å². The Morgan fingerprint density at radius 3 is 3.00 bits per heavy atom. The van der Waals surface area contributed by atoms with Crippen molar-refractivity contribution >= 4 is 11.3 Å².